The molecular formula is C17H19FN2O. The first-order chi connectivity index (χ1) is 10.3. The Bertz CT molecular complexity index is 595. The number of benzene rings is 1. The van der Waals surface area contributed by atoms with Gasteiger partial charge >= 0.3 is 0 Å². The van der Waals surface area contributed by atoms with Gasteiger partial charge in [-0.05, 0) is 42.5 Å². The second-order valence-corrected chi connectivity index (χ2v) is 5.45. The van der Waals surface area contributed by atoms with Crippen LogP contribution < -0.4 is 4.90 Å². The van der Waals surface area contributed by atoms with Crippen molar-refractivity contribution >= 4 is 5.69 Å². The van der Waals surface area contributed by atoms with E-state index in [9.17, 15) is 4.39 Å². The molecule has 4 heteroatoms. The minimum absolute atomic E-state index is 0.257. The number of hydrogen-bond acceptors (Lipinski definition) is 3. The summed E-state index contributed by atoms with van der Waals surface area (Å²) in [6.45, 7) is 1.41. The minimum Gasteiger partial charge on any atom is -0.392 e. The number of anilines is 1. The third kappa shape index (κ3) is 2.90. The molecular weight excluding hydrogens is 267 g/mol. The van der Waals surface area contributed by atoms with Crippen molar-refractivity contribution in [1.82, 2.24) is 4.98 Å². The summed E-state index contributed by atoms with van der Waals surface area (Å²) in [5, 5.41) is 9.17. The van der Waals surface area contributed by atoms with E-state index < -0.39 is 0 Å². The quantitative estimate of drug-likeness (QED) is 0.942. The van der Waals surface area contributed by atoms with Crippen LogP contribution >= 0.6 is 0 Å². The summed E-state index contributed by atoms with van der Waals surface area (Å²) >= 11 is 0. The summed E-state index contributed by atoms with van der Waals surface area (Å²) in [5.74, 6) is 0.232. The van der Waals surface area contributed by atoms with Crippen molar-refractivity contribution in [2.75, 3.05) is 18.0 Å². The Morgan fingerprint density at radius 3 is 2.52 bits per heavy atom. The Kier molecular flexibility index (Phi) is 4.15. The molecule has 3 nitrogen and oxygen atoms in total. The van der Waals surface area contributed by atoms with E-state index in [4.69, 9.17) is 5.11 Å². The number of rotatable bonds is 3. The van der Waals surface area contributed by atoms with Gasteiger partial charge in [-0.2, -0.15) is 0 Å². The maximum absolute atomic E-state index is 14.3. The molecule has 3 rings (SSSR count). The molecule has 21 heavy (non-hydrogen) atoms. The molecule has 0 spiro atoms. The first-order valence-electron chi connectivity index (χ1n) is 7.32. The Labute approximate surface area is 124 Å². The molecule has 0 amide bonds. The average molecular weight is 286 g/mol. The van der Waals surface area contributed by atoms with E-state index in [2.05, 4.69) is 22.0 Å². The van der Waals surface area contributed by atoms with E-state index in [0.29, 0.717) is 17.2 Å². The highest BCUT2D eigenvalue weighted by molar-refractivity contribution is 5.50. The lowest BCUT2D eigenvalue weighted by atomic mass is 9.90. The molecule has 0 unspecified atom stereocenters. The van der Waals surface area contributed by atoms with Crippen molar-refractivity contribution in [3.8, 4) is 0 Å². The smallest absolute Gasteiger partial charge is 0.151 e. The Morgan fingerprint density at radius 1 is 1.14 bits per heavy atom. The van der Waals surface area contributed by atoms with Gasteiger partial charge in [0.15, 0.2) is 5.82 Å². The van der Waals surface area contributed by atoms with Crippen molar-refractivity contribution in [2.24, 2.45) is 0 Å². The first-order valence-corrected chi connectivity index (χ1v) is 7.32. The molecule has 110 valence electrons. The summed E-state index contributed by atoms with van der Waals surface area (Å²) in [4.78, 5) is 6.13. The maximum atomic E-state index is 14.3. The number of halogens is 1. The summed E-state index contributed by atoms with van der Waals surface area (Å²) < 4.78 is 14.3. The van der Waals surface area contributed by atoms with Crippen molar-refractivity contribution in [1.29, 1.82) is 0 Å². The lowest BCUT2D eigenvalue weighted by Crippen LogP contribution is -2.33. The van der Waals surface area contributed by atoms with Crippen molar-refractivity contribution in [2.45, 2.75) is 25.4 Å². The zero-order valence-corrected chi connectivity index (χ0v) is 11.9. The largest absolute Gasteiger partial charge is 0.392 e. The van der Waals surface area contributed by atoms with E-state index in [0.717, 1.165) is 25.9 Å². The van der Waals surface area contributed by atoms with E-state index in [-0.39, 0.29) is 12.4 Å². The zero-order chi connectivity index (χ0) is 14.7. The maximum Gasteiger partial charge on any atom is 0.151 e. The van der Waals surface area contributed by atoms with Crippen LogP contribution in [0.1, 0.15) is 29.9 Å². The SMILES string of the molecule is OCc1cccc(N2CCC(c3ccncc3)CC2)c1F. The predicted molar refractivity (Wildman–Crippen MR) is 80.7 cm³/mol. The third-order valence-electron chi connectivity index (χ3n) is 4.24. The number of aliphatic hydroxyl groups excluding tert-OH is 1. The van der Waals surface area contributed by atoms with Crippen LogP contribution in [-0.4, -0.2) is 23.2 Å². The normalized spacial score (nSPS) is 16.2. The van der Waals surface area contributed by atoms with Gasteiger partial charge in [-0.15, -0.1) is 0 Å². The fourth-order valence-corrected chi connectivity index (χ4v) is 3.02. The highest BCUT2D eigenvalue weighted by Gasteiger charge is 2.23. The summed E-state index contributed by atoms with van der Waals surface area (Å²) in [7, 11) is 0. The number of piperidine rings is 1. The van der Waals surface area contributed by atoms with Gasteiger partial charge in [-0.3, -0.25) is 4.98 Å². The van der Waals surface area contributed by atoms with Gasteiger partial charge in [0.2, 0.25) is 0 Å². The van der Waals surface area contributed by atoms with Gasteiger partial charge in [0, 0.05) is 31.0 Å². The van der Waals surface area contributed by atoms with Crippen LogP contribution in [0, 0.1) is 5.82 Å². The fourth-order valence-electron chi connectivity index (χ4n) is 3.02. The average Bonchev–Trinajstić information content (AvgIpc) is 2.56. The van der Waals surface area contributed by atoms with E-state index in [1.807, 2.05) is 12.4 Å². The molecule has 2 aromatic rings. The van der Waals surface area contributed by atoms with Crippen molar-refractivity contribution in [3.05, 3.63) is 59.7 Å². The Balaban J connectivity index is 1.72. The van der Waals surface area contributed by atoms with Crippen molar-refractivity contribution in [3.63, 3.8) is 0 Å². The molecule has 1 aromatic heterocycles. The van der Waals surface area contributed by atoms with Gasteiger partial charge < -0.3 is 10.0 Å². The summed E-state index contributed by atoms with van der Waals surface area (Å²) in [6, 6.07) is 9.35. The highest BCUT2D eigenvalue weighted by Crippen LogP contribution is 2.31. The predicted octanol–water partition coefficient (Wildman–Crippen LogP) is 3.10. The van der Waals surface area contributed by atoms with Crippen LogP contribution in [-0.2, 0) is 6.61 Å². The van der Waals surface area contributed by atoms with Gasteiger partial charge in [-0.25, -0.2) is 4.39 Å². The molecule has 0 atom stereocenters. The molecule has 1 aliphatic rings. The second kappa shape index (κ2) is 6.22. The van der Waals surface area contributed by atoms with E-state index in [1.165, 1.54) is 5.56 Å². The second-order valence-electron chi connectivity index (χ2n) is 5.45. The highest BCUT2D eigenvalue weighted by atomic mass is 19.1. The Hall–Kier alpha value is -1.94. The topological polar surface area (TPSA) is 36.4 Å². The Morgan fingerprint density at radius 2 is 1.86 bits per heavy atom. The van der Waals surface area contributed by atoms with Gasteiger partial charge in [-0.1, -0.05) is 12.1 Å². The number of aliphatic hydroxyl groups is 1. The third-order valence-corrected chi connectivity index (χ3v) is 4.24. The lowest BCUT2D eigenvalue weighted by molar-refractivity contribution is 0.275. The zero-order valence-electron chi connectivity index (χ0n) is 11.9. The molecule has 0 radical (unpaired) electrons. The molecule has 2 heterocycles. The molecule has 0 saturated carbocycles. The van der Waals surface area contributed by atoms with Gasteiger partial charge in [0.1, 0.15) is 0 Å². The van der Waals surface area contributed by atoms with Crippen LogP contribution in [0.15, 0.2) is 42.7 Å². The number of aromatic nitrogens is 1. The molecule has 1 fully saturated rings. The molecule has 0 bridgehead atoms. The van der Waals surface area contributed by atoms with E-state index in [1.54, 1.807) is 18.2 Å². The van der Waals surface area contributed by atoms with Crippen molar-refractivity contribution < 1.29 is 9.50 Å². The number of pyridine rings is 1. The van der Waals surface area contributed by atoms with Crippen LogP contribution in [0.4, 0.5) is 10.1 Å². The number of hydrogen-bond donors (Lipinski definition) is 1. The molecule has 1 aliphatic heterocycles. The standard InChI is InChI=1S/C17H19FN2O/c18-17-15(12-21)2-1-3-16(17)20-10-6-14(7-11-20)13-4-8-19-9-5-13/h1-5,8-9,14,21H,6-7,10-12H2. The molecule has 1 saturated heterocycles. The van der Waals surface area contributed by atoms with Crippen LogP contribution in [0.2, 0.25) is 0 Å². The minimum atomic E-state index is -0.289. The monoisotopic (exact) mass is 286 g/mol. The molecule has 1 aromatic carbocycles. The summed E-state index contributed by atoms with van der Waals surface area (Å²) in [6.07, 6.45) is 5.66. The van der Waals surface area contributed by atoms with E-state index >= 15 is 0 Å². The van der Waals surface area contributed by atoms with Gasteiger partial charge in [0.05, 0.1) is 12.3 Å². The first kappa shape index (κ1) is 14.0. The molecule has 1 N–H and O–H groups in total. The summed E-state index contributed by atoms with van der Waals surface area (Å²) in [5.41, 5.74) is 2.28. The fraction of sp³-hybridized carbons (Fsp3) is 0.353. The molecule has 0 aliphatic carbocycles. The van der Waals surface area contributed by atoms with Gasteiger partial charge in [0.25, 0.3) is 0 Å². The van der Waals surface area contributed by atoms with Crippen LogP contribution in [0.3, 0.4) is 0 Å². The number of nitrogens with zero attached hydrogens (tertiary/aromatic N) is 2. The van der Waals surface area contributed by atoms with Crippen LogP contribution in [0.5, 0.6) is 0 Å². The lowest BCUT2D eigenvalue weighted by Gasteiger charge is -2.34. The van der Waals surface area contributed by atoms with Crippen LogP contribution in [0.25, 0.3) is 0 Å².